The number of carbonyl (C=O) groups excluding carboxylic acids is 2. The highest BCUT2D eigenvalue weighted by atomic mass is 19.1. The normalized spacial score (nSPS) is 19.2. The molecule has 1 aliphatic rings. The van der Waals surface area contributed by atoms with E-state index in [4.69, 9.17) is 0 Å². The largest absolute Gasteiger partial charge is 0.345 e. The summed E-state index contributed by atoms with van der Waals surface area (Å²) >= 11 is 0. The Bertz CT molecular complexity index is 447. The number of nitrogens with one attached hydrogen (secondary N) is 2. The van der Waals surface area contributed by atoms with E-state index in [0.29, 0.717) is 12.2 Å². The van der Waals surface area contributed by atoms with Crippen LogP contribution >= 0.6 is 0 Å². The molecule has 1 saturated heterocycles. The van der Waals surface area contributed by atoms with Crippen molar-refractivity contribution in [2.45, 2.75) is 12.5 Å². The van der Waals surface area contributed by atoms with E-state index in [1.807, 2.05) is 5.32 Å². The Hall–Kier alpha value is -1.95. The average molecular weight is 252 g/mol. The van der Waals surface area contributed by atoms with Crippen molar-refractivity contribution in [3.05, 3.63) is 30.1 Å². The molecule has 1 aromatic rings. The lowest BCUT2D eigenvalue weighted by Crippen LogP contribution is -2.96. The molecule has 6 heteroatoms. The number of rotatable bonds is 3. The third kappa shape index (κ3) is 3.27. The molecule has 1 fully saturated rings. The summed E-state index contributed by atoms with van der Waals surface area (Å²) in [4.78, 5) is 23.2. The molecule has 0 radical (unpaired) electrons. The lowest BCUT2D eigenvalue weighted by Gasteiger charge is -2.19. The number of quaternary nitrogens is 1. The van der Waals surface area contributed by atoms with Crippen LogP contribution in [0, 0.1) is 5.82 Å². The number of amides is 2. The second kappa shape index (κ2) is 5.59. The topological polar surface area (TPSA) is 74.8 Å². The van der Waals surface area contributed by atoms with Crippen LogP contribution in [0.25, 0.3) is 0 Å². The lowest BCUT2D eigenvalue weighted by atomic mass is 10.1. The van der Waals surface area contributed by atoms with Crippen molar-refractivity contribution in [1.82, 2.24) is 5.32 Å². The van der Waals surface area contributed by atoms with Crippen LogP contribution < -0.4 is 16.0 Å². The van der Waals surface area contributed by atoms with Crippen LogP contribution in [-0.2, 0) is 9.59 Å². The maximum Gasteiger partial charge on any atom is 0.278 e. The first-order valence-corrected chi connectivity index (χ1v) is 5.81. The van der Waals surface area contributed by atoms with Gasteiger partial charge in [-0.25, -0.2) is 4.39 Å². The van der Waals surface area contributed by atoms with Crippen molar-refractivity contribution in [3.8, 4) is 0 Å². The number of hydrogen-bond donors (Lipinski definition) is 3. The van der Waals surface area contributed by atoms with Gasteiger partial charge in [-0.2, -0.15) is 0 Å². The van der Waals surface area contributed by atoms with E-state index in [1.54, 1.807) is 0 Å². The summed E-state index contributed by atoms with van der Waals surface area (Å²) < 4.78 is 12.7. The van der Waals surface area contributed by atoms with Crippen LogP contribution in [0.1, 0.15) is 6.42 Å². The van der Waals surface area contributed by atoms with Crippen LogP contribution in [0.5, 0.6) is 0 Å². The predicted molar refractivity (Wildman–Crippen MR) is 63.2 cm³/mol. The Labute approximate surface area is 104 Å². The van der Waals surface area contributed by atoms with Gasteiger partial charge in [-0.15, -0.1) is 0 Å². The first-order valence-electron chi connectivity index (χ1n) is 5.81. The predicted octanol–water partition coefficient (Wildman–Crippen LogP) is -0.784. The molecule has 2 rings (SSSR count). The molecule has 5 nitrogen and oxygen atoms in total. The summed E-state index contributed by atoms with van der Waals surface area (Å²) in [7, 11) is 0. The fraction of sp³-hybridized carbons (Fsp3) is 0.333. The molecule has 0 aliphatic carbocycles. The van der Waals surface area contributed by atoms with Gasteiger partial charge >= 0.3 is 0 Å². The number of anilines is 1. The van der Waals surface area contributed by atoms with Crippen LogP contribution in [0.2, 0.25) is 0 Å². The van der Waals surface area contributed by atoms with Crippen molar-refractivity contribution >= 4 is 17.5 Å². The van der Waals surface area contributed by atoms with Crippen LogP contribution in [0.4, 0.5) is 10.1 Å². The Morgan fingerprint density at radius 2 is 2.17 bits per heavy atom. The zero-order chi connectivity index (χ0) is 13.0. The van der Waals surface area contributed by atoms with E-state index in [2.05, 4.69) is 10.6 Å². The van der Waals surface area contributed by atoms with E-state index in [0.717, 1.165) is 6.54 Å². The minimum Gasteiger partial charge on any atom is -0.345 e. The number of halogens is 1. The van der Waals surface area contributed by atoms with Gasteiger partial charge in [0.25, 0.3) is 5.91 Å². The van der Waals surface area contributed by atoms with Crippen LogP contribution in [0.3, 0.4) is 0 Å². The molecule has 1 unspecified atom stereocenters. The minimum atomic E-state index is -0.376. The molecule has 1 aliphatic heterocycles. The molecule has 1 aromatic carbocycles. The highest BCUT2D eigenvalue weighted by molar-refractivity contribution is 5.94. The standard InChI is InChI=1S/C12H14FN3O2/c13-8-1-3-9(4-2-8)16-11(17)7-10-12(18)15-6-5-14-10/h1-4,10,14H,5-7H2,(H,15,18)(H,16,17)/p+1. The second-order valence-corrected chi connectivity index (χ2v) is 4.18. The number of nitrogens with two attached hydrogens (primary N) is 1. The molecule has 18 heavy (non-hydrogen) atoms. The van der Waals surface area contributed by atoms with Gasteiger partial charge in [0.15, 0.2) is 6.04 Å². The number of carbonyl (C=O) groups is 2. The zero-order valence-corrected chi connectivity index (χ0v) is 9.78. The van der Waals surface area contributed by atoms with Gasteiger partial charge in [-0.05, 0) is 24.3 Å². The third-order valence-corrected chi connectivity index (χ3v) is 2.76. The van der Waals surface area contributed by atoms with Crippen LogP contribution in [-0.4, -0.2) is 30.9 Å². The smallest absolute Gasteiger partial charge is 0.278 e. The molecule has 4 N–H and O–H groups in total. The molecule has 0 saturated carbocycles. The average Bonchev–Trinajstić information content (AvgIpc) is 2.35. The lowest BCUT2D eigenvalue weighted by molar-refractivity contribution is -0.678. The van der Waals surface area contributed by atoms with Gasteiger partial charge < -0.3 is 16.0 Å². The second-order valence-electron chi connectivity index (χ2n) is 4.18. The Balaban J connectivity index is 1.88. The number of hydrogen-bond acceptors (Lipinski definition) is 2. The van der Waals surface area contributed by atoms with Crippen molar-refractivity contribution in [3.63, 3.8) is 0 Å². The van der Waals surface area contributed by atoms with E-state index < -0.39 is 0 Å². The number of benzene rings is 1. The molecule has 2 amide bonds. The SMILES string of the molecule is O=C(CC1[NH2+]CCNC1=O)Nc1ccc(F)cc1. The zero-order valence-electron chi connectivity index (χ0n) is 9.78. The highest BCUT2D eigenvalue weighted by Gasteiger charge is 2.27. The Kier molecular flexibility index (Phi) is 3.88. The third-order valence-electron chi connectivity index (χ3n) is 2.76. The summed E-state index contributed by atoms with van der Waals surface area (Å²) in [6, 6.07) is 5.14. The van der Waals surface area contributed by atoms with Crippen LogP contribution in [0.15, 0.2) is 24.3 Å². The molecular weight excluding hydrogens is 237 g/mol. The van der Waals surface area contributed by atoms with Crippen molar-refractivity contribution < 1.29 is 19.3 Å². The van der Waals surface area contributed by atoms with Gasteiger partial charge in [-0.1, -0.05) is 0 Å². The highest BCUT2D eigenvalue weighted by Crippen LogP contribution is 2.08. The van der Waals surface area contributed by atoms with E-state index in [-0.39, 0.29) is 30.1 Å². The van der Waals surface area contributed by atoms with Gasteiger partial charge in [-0.3, -0.25) is 9.59 Å². The van der Waals surface area contributed by atoms with Gasteiger partial charge in [0.05, 0.1) is 19.5 Å². The fourth-order valence-electron chi connectivity index (χ4n) is 1.84. The molecule has 96 valence electrons. The summed E-state index contributed by atoms with van der Waals surface area (Å²) in [6.45, 7) is 1.41. The Morgan fingerprint density at radius 1 is 1.44 bits per heavy atom. The molecule has 1 heterocycles. The maximum atomic E-state index is 12.7. The van der Waals surface area contributed by atoms with Crippen molar-refractivity contribution in [2.24, 2.45) is 0 Å². The first kappa shape index (κ1) is 12.5. The molecular formula is C12H15FN3O2+. The summed E-state index contributed by atoms with van der Waals surface area (Å²) in [5.41, 5.74) is 0.526. The fourth-order valence-corrected chi connectivity index (χ4v) is 1.84. The van der Waals surface area contributed by atoms with Gasteiger partial charge in [0.1, 0.15) is 5.82 Å². The molecule has 0 bridgehead atoms. The first-order chi connectivity index (χ1) is 8.65. The van der Waals surface area contributed by atoms with Gasteiger partial charge in [0, 0.05) is 5.69 Å². The van der Waals surface area contributed by atoms with Crippen molar-refractivity contribution in [1.29, 1.82) is 0 Å². The quantitative estimate of drug-likeness (QED) is 0.660. The Morgan fingerprint density at radius 3 is 2.83 bits per heavy atom. The minimum absolute atomic E-state index is 0.114. The molecule has 0 spiro atoms. The summed E-state index contributed by atoms with van der Waals surface area (Å²) in [6.07, 6.45) is 0.114. The van der Waals surface area contributed by atoms with Crippen molar-refractivity contribution in [2.75, 3.05) is 18.4 Å². The molecule has 0 aromatic heterocycles. The maximum absolute atomic E-state index is 12.7. The van der Waals surface area contributed by atoms with E-state index >= 15 is 0 Å². The monoisotopic (exact) mass is 252 g/mol. The summed E-state index contributed by atoms with van der Waals surface area (Å²) in [5.74, 6) is -0.719. The summed E-state index contributed by atoms with van der Waals surface area (Å²) in [5, 5.41) is 7.19. The van der Waals surface area contributed by atoms with E-state index in [1.165, 1.54) is 24.3 Å². The molecule has 1 atom stereocenters. The van der Waals surface area contributed by atoms with Gasteiger partial charge in [0.2, 0.25) is 5.91 Å². The number of piperazine rings is 1. The van der Waals surface area contributed by atoms with E-state index in [9.17, 15) is 14.0 Å².